The van der Waals surface area contributed by atoms with Crippen molar-refractivity contribution in [1.82, 2.24) is 20.0 Å². The minimum Gasteiger partial charge on any atom is -0.495 e. The van der Waals surface area contributed by atoms with E-state index in [9.17, 15) is 9.59 Å². The van der Waals surface area contributed by atoms with Crippen LogP contribution in [-0.2, 0) is 11.8 Å². The molecule has 0 aliphatic carbocycles. The Kier molecular flexibility index (Phi) is 6.03. The van der Waals surface area contributed by atoms with Gasteiger partial charge in [-0.05, 0) is 12.1 Å². The van der Waals surface area contributed by atoms with E-state index in [1.165, 1.54) is 11.8 Å². The van der Waals surface area contributed by atoms with Gasteiger partial charge in [-0.2, -0.15) is 0 Å². The van der Waals surface area contributed by atoms with E-state index in [1.54, 1.807) is 25.3 Å². The van der Waals surface area contributed by atoms with Gasteiger partial charge in [-0.1, -0.05) is 12.1 Å². The number of methoxy groups -OCH3 is 2. The van der Waals surface area contributed by atoms with Gasteiger partial charge in [0.15, 0.2) is 0 Å². The van der Waals surface area contributed by atoms with E-state index in [0.29, 0.717) is 31.7 Å². The van der Waals surface area contributed by atoms with E-state index >= 15 is 0 Å². The molecule has 0 radical (unpaired) electrons. The van der Waals surface area contributed by atoms with Crippen molar-refractivity contribution >= 4 is 17.5 Å². The molecule has 1 aliphatic rings. The van der Waals surface area contributed by atoms with E-state index < -0.39 is 0 Å². The molecule has 2 heterocycles. The lowest BCUT2D eigenvalue weighted by Crippen LogP contribution is -2.51. The molecule has 0 unspecified atom stereocenters. The topological polar surface area (TPSA) is 88.9 Å². The molecule has 1 aromatic heterocycles. The number of amides is 2. The first kappa shape index (κ1) is 19.5. The maximum absolute atomic E-state index is 12.5. The first-order valence-electron chi connectivity index (χ1n) is 9.05. The molecule has 1 saturated heterocycles. The number of ether oxygens (including phenoxy) is 2. The average molecular weight is 387 g/mol. The van der Waals surface area contributed by atoms with Gasteiger partial charge < -0.3 is 24.6 Å². The zero-order valence-electron chi connectivity index (χ0n) is 16.3. The zero-order chi connectivity index (χ0) is 20.1. The third-order valence-electron chi connectivity index (χ3n) is 4.69. The molecule has 150 valence electrons. The van der Waals surface area contributed by atoms with Crippen molar-refractivity contribution in [3.05, 3.63) is 36.0 Å². The highest BCUT2D eigenvalue weighted by Gasteiger charge is 2.24. The van der Waals surface area contributed by atoms with Gasteiger partial charge in [-0.3, -0.25) is 14.3 Å². The van der Waals surface area contributed by atoms with Crippen LogP contribution in [0.15, 0.2) is 30.5 Å². The van der Waals surface area contributed by atoms with Crippen LogP contribution in [0.1, 0.15) is 10.4 Å². The number of anilines is 1. The van der Waals surface area contributed by atoms with Crippen LogP contribution in [0.4, 0.5) is 5.69 Å². The number of benzene rings is 1. The maximum Gasteiger partial charge on any atom is 0.258 e. The molecule has 3 rings (SSSR count). The summed E-state index contributed by atoms with van der Waals surface area (Å²) in [4.78, 5) is 28.7. The molecule has 1 fully saturated rings. The molecule has 1 N–H and O–H groups in total. The summed E-state index contributed by atoms with van der Waals surface area (Å²) in [5.41, 5.74) is 1.33. The second kappa shape index (κ2) is 8.64. The SMILES string of the molecule is COc1ccccc1N1CCN(C(=O)CNC(=O)c2cn(C)nc2OC)CC1. The summed E-state index contributed by atoms with van der Waals surface area (Å²) >= 11 is 0. The molecule has 0 spiro atoms. The number of piperazine rings is 1. The Morgan fingerprint density at radius 2 is 1.82 bits per heavy atom. The maximum atomic E-state index is 12.5. The Balaban J connectivity index is 1.52. The van der Waals surface area contributed by atoms with E-state index in [1.807, 2.05) is 24.3 Å². The largest absolute Gasteiger partial charge is 0.495 e. The summed E-state index contributed by atoms with van der Waals surface area (Å²) in [7, 11) is 4.80. The molecular formula is C19H25N5O4. The lowest BCUT2D eigenvalue weighted by atomic mass is 10.2. The van der Waals surface area contributed by atoms with Crippen LogP contribution in [0.25, 0.3) is 0 Å². The van der Waals surface area contributed by atoms with Crippen LogP contribution in [0.2, 0.25) is 0 Å². The van der Waals surface area contributed by atoms with Crippen molar-refractivity contribution < 1.29 is 19.1 Å². The molecule has 2 aromatic rings. The van der Waals surface area contributed by atoms with Gasteiger partial charge in [-0.25, -0.2) is 0 Å². The molecule has 1 aromatic carbocycles. The molecule has 0 saturated carbocycles. The number of aryl methyl sites for hydroxylation is 1. The fourth-order valence-electron chi connectivity index (χ4n) is 3.23. The van der Waals surface area contributed by atoms with Crippen LogP contribution in [0, 0.1) is 0 Å². The third kappa shape index (κ3) is 4.19. The van der Waals surface area contributed by atoms with Crippen molar-refractivity contribution in [2.75, 3.05) is 51.8 Å². The number of aromatic nitrogens is 2. The summed E-state index contributed by atoms with van der Waals surface area (Å²) in [6, 6.07) is 7.84. The zero-order valence-corrected chi connectivity index (χ0v) is 16.3. The Hall–Kier alpha value is -3.23. The molecule has 9 heteroatoms. The number of para-hydroxylation sites is 2. The van der Waals surface area contributed by atoms with Crippen LogP contribution in [-0.4, -0.2) is 73.4 Å². The molecule has 1 aliphatic heterocycles. The van der Waals surface area contributed by atoms with Crippen LogP contribution in [0.3, 0.4) is 0 Å². The lowest BCUT2D eigenvalue weighted by molar-refractivity contribution is -0.130. The van der Waals surface area contributed by atoms with E-state index in [-0.39, 0.29) is 24.2 Å². The number of rotatable bonds is 6. The molecule has 0 bridgehead atoms. The summed E-state index contributed by atoms with van der Waals surface area (Å²) < 4.78 is 12.0. The van der Waals surface area contributed by atoms with Gasteiger partial charge in [0.2, 0.25) is 11.8 Å². The van der Waals surface area contributed by atoms with Crippen molar-refractivity contribution in [3.63, 3.8) is 0 Å². The molecule has 28 heavy (non-hydrogen) atoms. The minimum absolute atomic E-state index is 0.0639. The van der Waals surface area contributed by atoms with Crippen molar-refractivity contribution in [2.24, 2.45) is 7.05 Å². The minimum atomic E-state index is -0.383. The van der Waals surface area contributed by atoms with Gasteiger partial charge in [0.25, 0.3) is 5.91 Å². The van der Waals surface area contributed by atoms with Gasteiger partial charge in [0, 0.05) is 39.4 Å². The van der Waals surface area contributed by atoms with Crippen LogP contribution in [0.5, 0.6) is 11.6 Å². The number of nitrogens with zero attached hydrogens (tertiary/aromatic N) is 4. The quantitative estimate of drug-likeness (QED) is 0.777. The second-order valence-electron chi connectivity index (χ2n) is 6.45. The predicted molar refractivity (Wildman–Crippen MR) is 104 cm³/mol. The van der Waals surface area contributed by atoms with Gasteiger partial charge >= 0.3 is 0 Å². The Morgan fingerprint density at radius 1 is 1.11 bits per heavy atom. The number of hydrogen-bond acceptors (Lipinski definition) is 6. The first-order valence-corrected chi connectivity index (χ1v) is 9.05. The molecule has 2 amide bonds. The van der Waals surface area contributed by atoms with Crippen LogP contribution < -0.4 is 19.7 Å². The molecule has 9 nitrogen and oxygen atoms in total. The number of nitrogens with one attached hydrogen (secondary N) is 1. The van der Waals surface area contributed by atoms with Crippen molar-refractivity contribution in [1.29, 1.82) is 0 Å². The Labute approximate surface area is 163 Å². The number of carbonyl (C=O) groups excluding carboxylic acids is 2. The van der Waals surface area contributed by atoms with E-state index in [0.717, 1.165) is 11.4 Å². The third-order valence-corrected chi connectivity index (χ3v) is 4.69. The predicted octanol–water partition coefficient (Wildman–Crippen LogP) is 0.516. The van der Waals surface area contributed by atoms with E-state index in [4.69, 9.17) is 9.47 Å². The fourth-order valence-corrected chi connectivity index (χ4v) is 3.23. The normalized spacial score (nSPS) is 14.0. The monoisotopic (exact) mass is 387 g/mol. The summed E-state index contributed by atoms with van der Waals surface area (Å²) in [6.07, 6.45) is 1.56. The highest BCUT2D eigenvalue weighted by atomic mass is 16.5. The van der Waals surface area contributed by atoms with Gasteiger partial charge in [0.1, 0.15) is 11.3 Å². The standard InChI is InChI=1S/C19H25N5O4/c1-22-13-14(19(21-22)28-3)18(26)20-12-17(25)24-10-8-23(9-11-24)15-6-4-5-7-16(15)27-2/h4-7,13H,8-12H2,1-3H3,(H,20,26). The van der Waals surface area contributed by atoms with Crippen LogP contribution >= 0.6 is 0 Å². The van der Waals surface area contributed by atoms with Gasteiger partial charge in [0.05, 0.1) is 26.5 Å². The molecule has 0 atom stereocenters. The first-order chi connectivity index (χ1) is 13.5. The van der Waals surface area contributed by atoms with Crippen molar-refractivity contribution in [3.8, 4) is 11.6 Å². The van der Waals surface area contributed by atoms with Crippen molar-refractivity contribution in [2.45, 2.75) is 0 Å². The summed E-state index contributed by atoms with van der Waals surface area (Å²) in [6.45, 7) is 2.52. The number of hydrogen-bond donors (Lipinski definition) is 1. The van der Waals surface area contributed by atoms with E-state index in [2.05, 4.69) is 15.3 Å². The Bertz CT molecular complexity index is 843. The molecular weight excluding hydrogens is 362 g/mol. The second-order valence-corrected chi connectivity index (χ2v) is 6.45. The smallest absolute Gasteiger partial charge is 0.258 e. The summed E-state index contributed by atoms with van der Waals surface area (Å²) in [5.74, 6) is 0.555. The Morgan fingerprint density at radius 3 is 2.50 bits per heavy atom. The average Bonchev–Trinajstić information content (AvgIpc) is 3.12. The fraction of sp³-hybridized carbons (Fsp3) is 0.421. The highest BCUT2D eigenvalue weighted by Crippen LogP contribution is 2.28. The lowest BCUT2D eigenvalue weighted by Gasteiger charge is -2.36. The van der Waals surface area contributed by atoms with Gasteiger partial charge in [-0.15, -0.1) is 5.10 Å². The number of carbonyl (C=O) groups is 2. The summed E-state index contributed by atoms with van der Waals surface area (Å²) in [5, 5.41) is 6.69. The highest BCUT2D eigenvalue weighted by molar-refractivity contribution is 5.98.